The quantitative estimate of drug-likeness (QED) is 0.441. The average molecular weight is 497 g/mol. The van der Waals surface area contributed by atoms with E-state index in [0.29, 0.717) is 0 Å². The van der Waals surface area contributed by atoms with Gasteiger partial charge in [-0.1, -0.05) is 42.5 Å². The fourth-order valence-electron chi connectivity index (χ4n) is 3.54. The van der Waals surface area contributed by atoms with Gasteiger partial charge >= 0.3 is 0 Å². The third kappa shape index (κ3) is 3.33. The van der Waals surface area contributed by atoms with E-state index in [1.165, 1.54) is 25.2 Å². The Morgan fingerprint density at radius 2 is 1.89 bits per heavy atom. The third-order valence-electron chi connectivity index (χ3n) is 4.86. The van der Waals surface area contributed by atoms with Crippen molar-refractivity contribution in [1.82, 2.24) is 0 Å². The first-order valence-electron chi connectivity index (χ1n) is 8.97. The molecule has 5 heteroatoms. The van der Waals surface area contributed by atoms with Crippen molar-refractivity contribution in [1.29, 1.82) is 0 Å². The molecule has 2 aliphatic rings. The van der Waals surface area contributed by atoms with Gasteiger partial charge in [-0.05, 0) is 75.2 Å². The average Bonchev–Trinajstić information content (AvgIpc) is 2.73. The normalized spacial score (nSPS) is 17.7. The van der Waals surface area contributed by atoms with E-state index in [-0.39, 0.29) is 17.8 Å². The molecule has 5 rings (SSSR count). The van der Waals surface area contributed by atoms with E-state index in [4.69, 9.17) is 4.74 Å². The van der Waals surface area contributed by atoms with Gasteiger partial charge in [0.2, 0.25) is 0 Å². The number of hydrogen-bond donors (Lipinski definition) is 1. The van der Waals surface area contributed by atoms with Crippen LogP contribution in [0.2, 0.25) is 0 Å². The number of benzene rings is 3. The van der Waals surface area contributed by atoms with Crippen LogP contribution in [-0.4, -0.2) is 12.5 Å². The van der Waals surface area contributed by atoms with E-state index in [9.17, 15) is 4.79 Å². The first kappa shape index (κ1) is 17.8. The van der Waals surface area contributed by atoms with Crippen molar-refractivity contribution in [3.8, 4) is 5.75 Å². The molecule has 3 aromatic carbocycles. The topological polar surface area (TPSA) is 38.3 Å². The highest BCUT2D eigenvalue weighted by Crippen LogP contribution is 2.51. The minimum Gasteiger partial charge on any atom is -0.482 e. The molecule has 0 saturated heterocycles. The fraction of sp³-hybridized carbons (Fsp3) is 0.0870. The lowest BCUT2D eigenvalue weighted by molar-refractivity contribution is -0.118. The summed E-state index contributed by atoms with van der Waals surface area (Å²) in [4.78, 5) is 13.0. The van der Waals surface area contributed by atoms with E-state index < -0.39 is 0 Å². The number of carbonyl (C=O) groups is 1. The molecule has 1 atom stereocenters. The zero-order valence-electron chi connectivity index (χ0n) is 14.8. The largest absolute Gasteiger partial charge is 0.482 e. The van der Waals surface area contributed by atoms with Crippen LogP contribution in [0, 0.1) is 3.57 Å². The van der Waals surface area contributed by atoms with Crippen LogP contribution >= 0.6 is 34.4 Å². The Bertz CT molecular complexity index is 1110. The molecule has 0 aliphatic carbocycles. The molecular weight excluding hydrogens is 481 g/mol. The van der Waals surface area contributed by atoms with E-state index >= 15 is 0 Å². The van der Waals surface area contributed by atoms with Crippen LogP contribution < -0.4 is 10.1 Å². The zero-order chi connectivity index (χ0) is 19.1. The van der Waals surface area contributed by atoms with Gasteiger partial charge in [0.05, 0.1) is 10.9 Å². The number of amides is 1. The van der Waals surface area contributed by atoms with Crippen molar-refractivity contribution in [3.63, 3.8) is 0 Å². The van der Waals surface area contributed by atoms with Gasteiger partial charge in [0.15, 0.2) is 6.61 Å². The summed E-state index contributed by atoms with van der Waals surface area (Å²) in [7, 11) is 0. The molecule has 3 nitrogen and oxygen atoms in total. The van der Waals surface area contributed by atoms with E-state index in [0.717, 1.165) is 17.0 Å². The Labute approximate surface area is 181 Å². The summed E-state index contributed by atoms with van der Waals surface area (Å²) in [5.74, 6) is 0.606. The number of anilines is 1. The number of ether oxygens (including phenoxy) is 1. The Balaban J connectivity index is 1.64. The van der Waals surface area contributed by atoms with Crippen LogP contribution in [-0.2, 0) is 4.79 Å². The molecule has 28 heavy (non-hydrogen) atoms. The Kier molecular flexibility index (Phi) is 4.64. The van der Waals surface area contributed by atoms with Gasteiger partial charge in [-0.2, -0.15) is 0 Å². The van der Waals surface area contributed by atoms with E-state index in [2.05, 4.69) is 82.5 Å². The smallest absolute Gasteiger partial charge is 0.262 e. The zero-order valence-corrected chi connectivity index (χ0v) is 17.8. The summed E-state index contributed by atoms with van der Waals surface area (Å²) in [6.07, 6.45) is 2.27. The maximum absolute atomic E-state index is 11.7. The van der Waals surface area contributed by atoms with E-state index in [1.54, 1.807) is 0 Å². The van der Waals surface area contributed by atoms with Crippen LogP contribution in [0.25, 0.3) is 11.6 Å². The van der Waals surface area contributed by atoms with Crippen molar-refractivity contribution in [2.75, 3.05) is 11.9 Å². The van der Waals surface area contributed by atoms with Crippen molar-refractivity contribution < 1.29 is 9.53 Å². The minimum atomic E-state index is -0.115. The lowest BCUT2D eigenvalue weighted by Gasteiger charge is -2.27. The molecule has 0 bridgehead atoms. The lowest BCUT2D eigenvalue weighted by atomic mass is 9.94. The molecule has 0 spiro atoms. The number of rotatable bonds is 2. The number of thioether (sulfide) groups is 1. The van der Waals surface area contributed by atoms with Gasteiger partial charge in [0.1, 0.15) is 5.75 Å². The molecule has 2 aliphatic heterocycles. The van der Waals surface area contributed by atoms with Crippen molar-refractivity contribution in [3.05, 3.63) is 87.0 Å². The first-order valence-corrected chi connectivity index (χ1v) is 10.9. The molecule has 3 aromatic rings. The molecule has 138 valence electrons. The van der Waals surface area contributed by atoms with E-state index in [1.807, 2.05) is 30.0 Å². The maximum atomic E-state index is 11.7. The van der Waals surface area contributed by atoms with Crippen LogP contribution in [0.15, 0.2) is 71.6 Å². The fourth-order valence-corrected chi connectivity index (χ4v) is 5.57. The maximum Gasteiger partial charge on any atom is 0.262 e. The highest BCUT2D eigenvalue weighted by Gasteiger charge is 2.26. The van der Waals surface area contributed by atoms with Crippen LogP contribution in [0.4, 0.5) is 5.69 Å². The monoisotopic (exact) mass is 497 g/mol. The molecule has 1 N–H and O–H groups in total. The van der Waals surface area contributed by atoms with Gasteiger partial charge in [-0.3, -0.25) is 4.79 Å². The molecule has 1 unspecified atom stereocenters. The number of hydrogen-bond acceptors (Lipinski definition) is 3. The first-order chi connectivity index (χ1) is 13.7. The van der Waals surface area contributed by atoms with Gasteiger partial charge in [-0.25, -0.2) is 0 Å². The second-order valence-corrected chi connectivity index (χ2v) is 9.13. The second-order valence-electron chi connectivity index (χ2n) is 6.74. The minimum absolute atomic E-state index is 0.0730. The molecule has 0 aromatic heterocycles. The summed E-state index contributed by atoms with van der Waals surface area (Å²) in [5, 5.41) is 3.11. The molecule has 1 amide bonds. The number of fused-ring (bicyclic) bond motifs is 2. The van der Waals surface area contributed by atoms with Crippen molar-refractivity contribution in [2.24, 2.45) is 0 Å². The SMILES string of the molecule is O=C1COc2ccc(C3=Cc4ccc(I)cc4SC3c3ccccc3)cc2N1. The standard InChI is InChI=1S/C23H16INO2S/c24-17-8-6-16-10-18(15-7-9-20-19(11-15)25-22(26)13-27-20)23(28-21(16)12-17)14-4-2-1-3-5-14/h1-12,23H,13H2,(H,25,26). The summed E-state index contributed by atoms with van der Waals surface area (Å²) < 4.78 is 6.76. The third-order valence-corrected chi connectivity index (χ3v) is 6.90. The number of carbonyl (C=O) groups excluding carboxylic acids is 1. The van der Waals surface area contributed by atoms with Crippen molar-refractivity contribution in [2.45, 2.75) is 10.1 Å². The molecule has 0 radical (unpaired) electrons. The van der Waals surface area contributed by atoms with Crippen LogP contribution in [0.3, 0.4) is 0 Å². The van der Waals surface area contributed by atoms with Crippen molar-refractivity contribution >= 4 is 57.6 Å². The molecule has 2 heterocycles. The second kappa shape index (κ2) is 7.29. The highest BCUT2D eigenvalue weighted by molar-refractivity contribution is 14.1. The summed E-state index contributed by atoms with van der Waals surface area (Å²) >= 11 is 4.24. The molecule has 0 saturated carbocycles. The van der Waals surface area contributed by atoms with Gasteiger partial charge in [0.25, 0.3) is 5.91 Å². The predicted molar refractivity (Wildman–Crippen MR) is 123 cm³/mol. The lowest BCUT2D eigenvalue weighted by Crippen LogP contribution is -2.25. The Morgan fingerprint density at radius 1 is 1.04 bits per heavy atom. The van der Waals surface area contributed by atoms with Crippen LogP contribution in [0.5, 0.6) is 5.75 Å². The molecule has 0 fully saturated rings. The van der Waals surface area contributed by atoms with Gasteiger partial charge < -0.3 is 10.1 Å². The summed E-state index contributed by atoms with van der Waals surface area (Å²) in [6, 6.07) is 23.2. The summed E-state index contributed by atoms with van der Waals surface area (Å²) in [6.45, 7) is 0.0730. The molecular formula is C23H16INO2S. The Hall–Kier alpha value is -2.25. The number of nitrogens with one attached hydrogen (secondary N) is 1. The Morgan fingerprint density at radius 3 is 2.75 bits per heavy atom. The van der Waals surface area contributed by atoms with Crippen LogP contribution in [0.1, 0.15) is 21.9 Å². The van der Waals surface area contributed by atoms with Gasteiger partial charge in [0, 0.05) is 8.47 Å². The predicted octanol–water partition coefficient (Wildman–Crippen LogP) is 6.01. The number of halogens is 1. The van der Waals surface area contributed by atoms with Gasteiger partial charge in [-0.15, -0.1) is 11.8 Å². The summed E-state index contributed by atoms with van der Waals surface area (Å²) in [5.41, 5.74) is 5.55. The highest BCUT2D eigenvalue weighted by atomic mass is 127.